The molecule has 0 amide bonds. The van der Waals surface area contributed by atoms with Crippen LogP contribution in [0.5, 0.6) is 0 Å². The summed E-state index contributed by atoms with van der Waals surface area (Å²) in [5.41, 5.74) is 6.51. The van der Waals surface area contributed by atoms with Gasteiger partial charge in [0.2, 0.25) is 0 Å². The van der Waals surface area contributed by atoms with Crippen molar-refractivity contribution in [2.45, 2.75) is 51.5 Å². The van der Waals surface area contributed by atoms with Crippen LogP contribution in [0.1, 0.15) is 42.5 Å². The van der Waals surface area contributed by atoms with Gasteiger partial charge in [-0.2, -0.15) is 0 Å². The summed E-state index contributed by atoms with van der Waals surface area (Å²) >= 11 is 0. The number of aryl methyl sites for hydroxylation is 3. The first-order chi connectivity index (χ1) is 8.45. The fraction of sp³-hybridized carbons (Fsp3) is 0.500. The van der Waals surface area contributed by atoms with E-state index in [4.69, 9.17) is 0 Å². The van der Waals surface area contributed by atoms with Gasteiger partial charge in [-0.15, -0.1) is 0 Å². The Kier molecular flexibility index (Phi) is 2.08. The van der Waals surface area contributed by atoms with Crippen molar-refractivity contribution in [1.29, 1.82) is 0 Å². The van der Waals surface area contributed by atoms with E-state index in [0.717, 1.165) is 0 Å². The van der Waals surface area contributed by atoms with Crippen LogP contribution in [0.15, 0.2) is 18.2 Å². The van der Waals surface area contributed by atoms with Gasteiger partial charge in [-0.1, -0.05) is 24.6 Å². The summed E-state index contributed by atoms with van der Waals surface area (Å²) in [6.45, 7) is 1.25. The van der Waals surface area contributed by atoms with Gasteiger partial charge in [-0.05, 0) is 49.7 Å². The first-order valence-electron chi connectivity index (χ1n) is 7.07. The zero-order chi connectivity index (χ0) is 11.2. The van der Waals surface area contributed by atoms with E-state index < -0.39 is 0 Å². The van der Waals surface area contributed by atoms with Gasteiger partial charge in [0.05, 0.1) is 5.52 Å². The highest BCUT2D eigenvalue weighted by molar-refractivity contribution is 5.89. The highest BCUT2D eigenvalue weighted by atomic mass is 15.0. The van der Waals surface area contributed by atoms with Crippen LogP contribution in [-0.2, 0) is 25.8 Å². The molecule has 1 aromatic carbocycles. The fourth-order valence-electron chi connectivity index (χ4n) is 3.82. The van der Waals surface area contributed by atoms with Crippen molar-refractivity contribution in [3.8, 4) is 0 Å². The quantitative estimate of drug-likeness (QED) is 0.600. The van der Waals surface area contributed by atoms with E-state index in [1.807, 2.05) is 0 Å². The molecule has 1 aliphatic heterocycles. The van der Waals surface area contributed by atoms with Crippen LogP contribution in [0, 0.1) is 0 Å². The predicted octanol–water partition coefficient (Wildman–Crippen LogP) is 3.86. The van der Waals surface area contributed by atoms with Crippen molar-refractivity contribution >= 4 is 10.9 Å². The zero-order valence-corrected chi connectivity index (χ0v) is 10.3. The van der Waals surface area contributed by atoms with Crippen molar-refractivity contribution < 1.29 is 0 Å². The normalized spacial score (nSPS) is 19.1. The molecule has 88 valence electrons. The Labute approximate surface area is 102 Å². The van der Waals surface area contributed by atoms with Crippen molar-refractivity contribution in [1.82, 2.24) is 4.57 Å². The summed E-state index contributed by atoms with van der Waals surface area (Å²) in [5.74, 6) is 0. The highest BCUT2D eigenvalue weighted by Gasteiger charge is 2.22. The van der Waals surface area contributed by atoms with Crippen LogP contribution in [0.2, 0.25) is 0 Å². The highest BCUT2D eigenvalue weighted by Crippen LogP contribution is 2.35. The third-order valence-corrected chi connectivity index (χ3v) is 4.56. The van der Waals surface area contributed by atoms with E-state index >= 15 is 0 Å². The molecule has 1 nitrogen and oxygen atoms in total. The minimum atomic E-state index is 1.25. The summed E-state index contributed by atoms with van der Waals surface area (Å²) < 4.78 is 2.65. The summed E-state index contributed by atoms with van der Waals surface area (Å²) in [5, 5.41) is 1.57. The molecule has 0 saturated carbocycles. The number of hydrogen-bond acceptors (Lipinski definition) is 0. The number of rotatable bonds is 0. The van der Waals surface area contributed by atoms with Crippen molar-refractivity contribution in [3.63, 3.8) is 0 Å². The molecule has 17 heavy (non-hydrogen) atoms. The van der Waals surface area contributed by atoms with E-state index in [0.29, 0.717) is 0 Å². The zero-order valence-electron chi connectivity index (χ0n) is 10.3. The molecule has 0 spiro atoms. The summed E-state index contributed by atoms with van der Waals surface area (Å²) in [7, 11) is 0. The van der Waals surface area contributed by atoms with Crippen molar-refractivity contribution in [3.05, 3.63) is 35.0 Å². The standard InChI is InChI=1S/C16H19N/c1-2-8-13-14-9-4-6-12-7-5-11-17(16(12)14)15(13)10-3-1/h4,6,9H,1-3,5,7-8,10-11H2. The van der Waals surface area contributed by atoms with Crippen LogP contribution >= 0.6 is 0 Å². The molecule has 0 unspecified atom stereocenters. The van der Waals surface area contributed by atoms with Gasteiger partial charge in [0.15, 0.2) is 0 Å². The molecule has 0 N–H and O–H groups in total. The maximum atomic E-state index is 2.65. The third-order valence-electron chi connectivity index (χ3n) is 4.56. The number of fused-ring (bicyclic) bond motifs is 3. The average molecular weight is 225 g/mol. The molecule has 0 bridgehead atoms. The largest absolute Gasteiger partial charge is 0.344 e. The number of nitrogens with zero attached hydrogens (tertiary/aromatic N) is 1. The van der Waals surface area contributed by atoms with Gasteiger partial charge in [-0.25, -0.2) is 0 Å². The fourth-order valence-corrected chi connectivity index (χ4v) is 3.82. The Morgan fingerprint density at radius 1 is 0.882 bits per heavy atom. The minimum absolute atomic E-state index is 1.25. The summed E-state index contributed by atoms with van der Waals surface area (Å²) in [6.07, 6.45) is 9.41. The van der Waals surface area contributed by atoms with Gasteiger partial charge in [0.1, 0.15) is 0 Å². The predicted molar refractivity (Wildman–Crippen MR) is 71.5 cm³/mol. The lowest BCUT2D eigenvalue weighted by Crippen LogP contribution is -2.10. The third kappa shape index (κ3) is 1.31. The molecule has 1 heteroatoms. The Bertz CT molecular complexity index is 577. The first kappa shape index (κ1) is 9.76. The minimum Gasteiger partial charge on any atom is -0.344 e. The Balaban J connectivity index is 2.09. The number of benzene rings is 1. The van der Waals surface area contributed by atoms with Gasteiger partial charge >= 0.3 is 0 Å². The molecular weight excluding hydrogens is 206 g/mol. The van der Waals surface area contributed by atoms with E-state index in [-0.39, 0.29) is 0 Å². The lowest BCUT2D eigenvalue weighted by Gasteiger charge is -2.17. The molecule has 0 fully saturated rings. The lowest BCUT2D eigenvalue weighted by atomic mass is 10.0. The monoisotopic (exact) mass is 225 g/mol. The van der Waals surface area contributed by atoms with Gasteiger partial charge in [0, 0.05) is 17.6 Å². The molecule has 0 radical (unpaired) electrons. The molecule has 1 aromatic heterocycles. The topological polar surface area (TPSA) is 4.93 Å². The van der Waals surface area contributed by atoms with Gasteiger partial charge in [-0.3, -0.25) is 0 Å². The molecule has 2 aliphatic rings. The number of para-hydroxylation sites is 1. The van der Waals surface area contributed by atoms with Crippen molar-refractivity contribution in [2.24, 2.45) is 0 Å². The second-order valence-corrected chi connectivity index (χ2v) is 5.55. The molecule has 0 saturated heterocycles. The van der Waals surface area contributed by atoms with Crippen LogP contribution in [0.25, 0.3) is 10.9 Å². The number of hydrogen-bond donors (Lipinski definition) is 0. The number of aromatic nitrogens is 1. The van der Waals surface area contributed by atoms with Crippen LogP contribution in [0.3, 0.4) is 0 Å². The van der Waals surface area contributed by atoms with Crippen LogP contribution < -0.4 is 0 Å². The van der Waals surface area contributed by atoms with E-state index in [1.165, 1.54) is 51.5 Å². The molecule has 0 atom stereocenters. The Hall–Kier alpha value is -1.24. The molecule has 4 rings (SSSR count). The first-order valence-corrected chi connectivity index (χ1v) is 7.07. The maximum Gasteiger partial charge on any atom is 0.0517 e. The average Bonchev–Trinajstić information content (AvgIpc) is 2.55. The molecule has 1 aliphatic carbocycles. The van der Waals surface area contributed by atoms with Gasteiger partial charge in [0.25, 0.3) is 0 Å². The second-order valence-electron chi connectivity index (χ2n) is 5.55. The Morgan fingerprint density at radius 2 is 1.82 bits per heavy atom. The summed E-state index contributed by atoms with van der Waals surface area (Å²) in [4.78, 5) is 0. The van der Waals surface area contributed by atoms with Gasteiger partial charge < -0.3 is 4.57 Å². The maximum absolute atomic E-state index is 2.65. The molecule has 2 heterocycles. The second kappa shape index (κ2) is 3.63. The Morgan fingerprint density at radius 3 is 2.82 bits per heavy atom. The SMILES string of the molecule is c1cc2c3c(c1)c1c(n3CCC2)CCCCC1. The van der Waals surface area contributed by atoms with E-state index in [9.17, 15) is 0 Å². The molecule has 2 aromatic rings. The summed E-state index contributed by atoms with van der Waals surface area (Å²) in [6, 6.07) is 6.95. The van der Waals surface area contributed by atoms with Crippen LogP contribution in [0.4, 0.5) is 0 Å². The molecular formula is C16H19N. The van der Waals surface area contributed by atoms with Crippen molar-refractivity contribution in [2.75, 3.05) is 0 Å². The van der Waals surface area contributed by atoms with Crippen LogP contribution in [-0.4, -0.2) is 4.57 Å². The van der Waals surface area contributed by atoms with E-state index in [2.05, 4.69) is 22.8 Å². The smallest absolute Gasteiger partial charge is 0.0517 e. The van der Waals surface area contributed by atoms with E-state index in [1.54, 1.807) is 27.7 Å². The lowest BCUT2D eigenvalue weighted by molar-refractivity contribution is 0.602.